The molecular formula is C7H8Cl2O3. The lowest BCUT2D eigenvalue weighted by atomic mass is 10.2. The number of aromatic hydroxyl groups is 1. The summed E-state index contributed by atoms with van der Waals surface area (Å²) in [6.45, 7) is 0. The Kier molecular flexibility index (Phi) is 6.47. The van der Waals surface area contributed by atoms with E-state index in [-0.39, 0.29) is 36.1 Å². The third-order valence-electron chi connectivity index (χ3n) is 1.13. The van der Waals surface area contributed by atoms with Crippen molar-refractivity contribution in [2.24, 2.45) is 0 Å². The van der Waals surface area contributed by atoms with Crippen LogP contribution in [-0.4, -0.2) is 16.2 Å². The summed E-state index contributed by atoms with van der Waals surface area (Å²) in [5, 5.41) is 17.3. The zero-order chi connectivity index (χ0) is 7.56. The van der Waals surface area contributed by atoms with Crippen LogP contribution in [0.1, 0.15) is 10.4 Å². The fourth-order valence-electron chi connectivity index (χ4n) is 0.654. The van der Waals surface area contributed by atoms with E-state index in [1.165, 1.54) is 12.1 Å². The number of carboxylic acids is 1. The second-order valence-corrected chi connectivity index (χ2v) is 1.82. The van der Waals surface area contributed by atoms with Gasteiger partial charge >= 0.3 is 5.97 Å². The van der Waals surface area contributed by atoms with E-state index in [0.717, 1.165) is 0 Å². The first kappa shape index (κ1) is 13.6. The molecule has 1 aromatic carbocycles. The summed E-state index contributed by atoms with van der Waals surface area (Å²) in [7, 11) is 0. The molecule has 1 rings (SSSR count). The van der Waals surface area contributed by atoms with Crippen LogP contribution in [-0.2, 0) is 0 Å². The Hall–Kier alpha value is -0.930. The Labute approximate surface area is 81.9 Å². The van der Waals surface area contributed by atoms with Gasteiger partial charge in [-0.1, -0.05) is 12.1 Å². The number of hydrogen-bond donors (Lipinski definition) is 2. The van der Waals surface area contributed by atoms with Gasteiger partial charge in [0.1, 0.15) is 11.3 Å². The standard InChI is InChI=1S/C7H6O3.2ClH/c8-6-4-2-1-3-5(6)7(9)10;;/h1-4,8H,(H,9,10);2*1H. The third-order valence-corrected chi connectivity index (χ3v) is 1.13. The van der Waals surface area contributed by atoms with Crippen LogP contribution in [0.4, 0.5) is 0 Å². The Morgan fingerprint density at radius 3 is 2.00 bits per heavy atom. The summed E-state index contributed by atoms with van der Waals surface area (Å²) in [5.41, 5.74) is -0.0671. The van der Waals surface area contributed by atoms with Crippen LogP contribution < -0.4 is 0 Å². The maximum absolute atomic E-state index is 10.3. The highest BCUT2D eigenvalue weighted by atomic mass is 35.5. The average molecular weight is 211 g/mol. The van der Waals surface area contributed by atoms with Crippen molar-refractivity contribution >= 4 is 30.8 Å². The first-order chi connectivity index (χ1) is 4.72. The van der Waals surface area contributed by atoms with Crippen molar-refractivity contribution in [1.29, 1.82) is 0 Å². The minimum Gasteiger partial charge on any atom is -0.507 e. The molecule has 2 N–H and O–H groups in total. The first-order valence-electron chi connectivity index (χ1n) is 2.73. The van der Waals surface area contributed by atoms with Gasteiger partial charge in [0.05, 0.1) is 0 Å². The molecule has 0 aromatic heterocycles. The maximum Gasteiger partial charge on any atom is 0.339 e. The summed E-state index contributed by atoms with van der Waals surface area (Å²) in [5.74, 6) is -1.31. The smallest absolute Gasteiger partial charge is 0.339 e. The average Bonchev–Trinajstić information content (AvgIpc) is 1.88. The van der Waals surface area contributed by atoms with E-state index in [0.29, 0.717) is 0 Å². The monoisotopic (exact) mass is 210 g/mol. The van der Waals surface area contributed by atoms with E-state index in [4.69, 9.17) is 10.2 Å². The van der Waals surface area contributed by atoms with Gasteiger partial charge in [0.15, 0.2) is 0 Å². The van der Waals surface area contributed by atoms with Crippen molar-refractivity contribution in [2.75, 3.05) is 0 Å². The molecule has 0 bridgehead atoms. The molecule has 68 valence electrons. The lowest BCUT2D eigenvalue weighted by molar-refractivity contribution is 0.0694. The zero-order valence-corrected chi connectivity index (χ0v) is 7.56. The molecule has 0 fully saturated rings. The van der Waals surface area contributed by atoms with Gasteiger partial charge in [0.2, 0.25) is 0 Å². The molecule has 3 nitrogen and oxygen atoms in total. The highest BCUT2D eigenvalue weighted by Gasteiger charge is 2.05. The molecule has 0 saturated heterocycles. The summed E-state index contributed by atoms with van der Waals surface area (Å²) in [6, 6.07) is 5.81. The molecule has 0 unspecified atom stereocenters. The molecule has 0 aliphatic rings. The number of benzene rings is 1. The molecule has 0 aliphatic heterocycles. The molecule has 1 aromatic rings. The molecule has 0 aliphatic carbocycles. The minimum absolute atomic E-state index is 0. The first-order valence-corrected chi connectivity index (χ1v) is 2.73. The number of carbonyl (C=O) groups is 1. The van der Waals surface area contributed by atoms with Gasteiger partial charge in [-0.05, 0) is 12.1 Å². The molecule has 0 radical (unpaired) electrons. The van der Waals surface area contributed by atoms with E-state index < -0.39 is 5.97 Å². The number of carboxylic acid groups (broad SMARTS) is 1. The maximum atomic E-state index is 10.3. The minimum atomic E-state index is -1.11. The van der Waals surface area contributed by atoms with Gasteiger partial charge in [-0.25, -0.2) is 4.79 Å². The van der Waals surface area contributed by atoms with E-state index in [1.807, 2.05) is 0 Å². The SMILES string of the molecule is Cl.Cl.O=C(O)c1ccccc1O. The van der Waals surface area contributed by atoms with Crippen LogP contribution in [0.25, 0.3) is 0 Å². The predicted molar refractivity (Wildman–Crippen MR) is 49.6 cm³/mol. The van der Waals surface area contributed by atoms with Gasteiger partial charge < -0.3 is 10.2 Å². The van der Waals surface area contributed by atoms with Crippen LogP contribution in [0, 0.1) is 0 Å². The molecule has 0 heterocycles. The van der Waals surface area contributed by atoms with E-state index in [9.17, 15) is 4.79 Å². The number of para-hydroxylation sites is 1. The van der Waals surface area contributed by atoms with Crippen molar-refractivity contribution in [2.45, 2.75) is 0 Å². The second kappa shape index (κ2) is 5.69. The molecule has 0 atom stereocenters. The fourth-order valence-corrected chi connectivity index (χ4v) is 0.654. The van der Waals surface area contributed by atoms with Crippen molar-refractivity contribution in [3.8, 4) is 5.75 Å². The van der Waals surface area contributed by atoms with Crippen molar-refractivity contribution in [1.82, 2.24) is 0 Å². The van der Waals surface area contributed by atoms with Crippen molar-refractivity contribution in [3.63, 3.8) is 0 Å². The zero-order valence-electron chi connectivity index (χ0n) is 5.93. The Bertz CT molecular complexity index is 263. The number of aromatic carboxylic acids is 1. The summed E-state index contributed by atoms with van der Waals surface area (Å²) in [6.07, 6.45) is 0. The Balaban J connectivity index is 0. The number of hydrogen-bond acceptors (Lipinski definition) is 2. The Morgan fingerprint density at radius 2 is 1.67 bits per heavy atom. The van der Waals surface area contributed by atoms with Gasteiger partial charge in [0.25, 0.3) is 0 Å². The van der Waals surface area contributed by atoms with Crippen LogP contribution in [0.3, 0.4) is 0 Å². The molecule has 12 heavy (non-hydrogen) atoms. The number of rotatable bonds is 1. The Morgan fingerprint density at radius 1 is 1.17 bits per heavy atom. The van der Waals surface area contributed by atoms with Gasteiger partial charge in [-0.15, -0.1) is 24.8 Å². The predicted octanol–water partition coefficient (Wildman–Crippen LogP) is 1.93. The highest BCUT2D eigenvalue weighted by molar-refractivity contribution is 5.90. The molecule has 0 spiro atoms. The van der Waals surface area contributed by atoms with E-state index in [1.54, 1.807) is 12.1 Å². The second-order valence-electron chi connectivity index (χ2n) is 1.82. The molecule has 0 amide bonds. The van der Waals surface area contributed by atoms with Crippen LogP contribution in [0.5, 0.6) is 5.75 Å². The quantitative estimate of drug-likeness (QED) is 0.746. The molecule has 0 saturated carbocycles. The van der Waals surface area contributed by atoms with Crippen molar-refractivity contribution in [3.05, 3.63) is 29.8 Å². The van der Waals surface area contributed by atoms with Gasteiger partial charge in [-0.2, -0.15) is 0 Å². The lowest BCUT2D eigenvalue weighted by Gasteiger charge is -1.95. The lowest BCUT2D eigenvalue weighted by Crippen LogP contribution is -1.95. The molecule has 5 heteroatoms. The van der Waals surface area contributed by atoms with Crippen LogP contribution in [0.15, 0.2) is 24.3 Å². The van der Waals surface area contributed by atoms with Gasteiger partial charge in [-0.3, -0.25) is 0 Å². The fraction of sp³-hybridized carbons (Fsp3) is 0. The number of phenols is 1. The molecular weight excluding hydrogens is 203 g/mol. The largest absolute Gasteiger partial charge is 0.507 e. The summed E-state index contributed by atoms with van der Waals surface area (Å²) < 4.78 is 0. The van der Waals surface area contributed by atoms with Crippen LogP contribution >= 0.6 is 24.8 Å². The summed E-state index contributed by atoms with van der Waals surface area (Å²) in [4.78, 5) is 10.3. The normalized spacial score (nSPS) is 7.67. The third kappa shape index (κ3) is 2.98. The summed E-state index contributed by atoms with van der Waals surface area (Å²) >= 11 is 0. The van der Waals surface area contributed by atoms with Crippen LogP contribution in [0.2, 0.25) is 0 Å². The number of halogens is 2. The highest BCUT2D eigenvalue weighted by Crippen LogP contribution is 2.14. The topological polar surface area (TPSA) is 57.5 Å². The van der Waals surface area contributed by atoms with Crippen molar-refractivity contribution < 1.29 is 15.0 Å². The van der Waals surface area contributed by atoms with E-state index in [2.05, 4.69) is 0 Å². The van der Waals surface area contributed by atoms with E-state index >= 15 is 0 Å². The van der Waals surface area contributed by atoms with Gasteiger partial charge in [0, 0.05) is 0 Å².